The zero-order chi connectivity index (χ0) is 21.4. The predicted molar refractivity (Wildman–Crippen MR) is 111 cm³/mol. The molecule has 2 heterocycles. The summed E-state index contributed by atoms with van der Waals surface area (Å²) in [5.41, 5.74) is -0.500. The van der Waals surface area contributed by atoms with Crippen molar-refractivity contribution in [2.24, 2.45) is 4.99 Å². The number of aliphatic imine (C=N–C) groups is 1. The van der Waals surface area contributed by atoms with Gasteiger partial charge in [0.05, 0.1) is 6.54 Å². The molecule has 0 saturated carbocycles. The summed E-state index contributed by atoms with van der Waals surface area (Å²) in [4.78, 5) is 22.7. The zero-order valence-corrected chi connectivity index (χ0v) is 18.5. The molecule has 10 nitrogen and oxygen atoms in total. The Balaban J connectivity index is 1.81. The number of nitrogens with zero attached hydrogens (tertiary/aromatic N) is 5. The van der Waals surface area contributed by atoms with E-state index in [0.717, 1.165) is 25.2 Å². The molecule has 1 atom stereocenters. The summed E-state index contributed by atoms with van der Waals surface area (Å²) in [7, 11) is 3.38. The Morgan fingerprint density at radius 3 is 2.79 bits per heavy atom. The van der Waals surface area contributed by atoms with Crippen molar-refractivity contribution in [1.82, 2.24) is 30.3 Å². The van der Waals surface area contributed by atoms with Gasteiger partial charge in [0.15, 0.2) is 11.8 Å². The molecular weight excluding hydrogens is 374 g/mol. The molecule has 0 aromatic carbocycles. The average Bonchev–Trinajstić information content (AvgIpc) is 3.04. The Morgan fingerprint density at radius 2 is 2.17 bits per heavy atom. The molecule has 29 heavy (non-hydrogen) atoms. The maximum absolute atomic E-state index is 12.2. The molecule has 0 fully saturated rings. The minimum absolute atomic E-state index is 0.207. The van der Waals surface area contributed by atoms with Gasteiger partial charge in [0.2, 0.25) is 0 Å². The lowest BCUT2D eigenvalue weighted by Crippen LogP contribution is -2.49. The van der Waals surface area contributed by atoms with Gasteiger partial charge >= 0.3 is 6.09 Å². The third-order valence-corrected chi connectivity index (χ3v) is 4.45. The molecule has 0 saturated heterocycles. The first-order chi connectivity index (χ1) is 13.8. The molecule has 1 aliphatic rings. The van der Waals surface area contributed by atoms with E-state index in [1.165, 1.54) is 0 Å². The minimum Gasteiger partial charge on any atom is -0.444 e. The number of carbonyl (C=O) groups excluding carboxylic acids is 1. The summed E-state index contributed by atoms with van der Waals surface area (Å²) in [5, 5.41) is 11.2. The van der Waals surface area contributed by atoms with Crippen molar-refractivity contribution < 1.29 is 14.3 Å². The van der Waals surface area contributed by atoms with Gasteiger partial charge < -0.3 is 25.0 Å². The molecule has 1 aromatic rings. The van der Waals surface area contributed by atoms with Crippen LogP contribution in [0.4, 0.5) is 4.79 Å². The van der Waals surface area contributed by atoms with Crippen LogP contribution in [0.15, 0.2) is 4.99 Å². The van der Waals surface area contributed by atoms with Gasteiger partial charge in [-0.05, 0) is 34.1 Å². The fourth-order valence-electron chi connectivity index (χ4n) is 3.07. The number of nitrogens with one attached hydrogen (secondary N) is 2. The van der Waals surface area contributed by atoms with E-state index < -0.39 is 5.60 Å². The van der Waals surface area contributed by atoms with Crippen LogP contribution in [0.3, 0.4) is 0 Å². The largest absolute Gasteiger partial charge is 0.444 e. The molecule has 1 amide bonds. The van der Waals surface area contributed by atoms with E-state index in [2.05, 4.69) is 25.7 Å². The van der Waals surface area contributed by atoms with Crippen molar-refractivity contribution in [1.29, 1.82) is 0 Å². The standard InChI is InChI=1S/C19H35N7O3/c1-7-25(18(27)29-19(2,3)4)11-10-21-17(20-5)22-14-8-9-16-23-15(13-28-6)24-26(16)12-14/h14H,7-13H2,1-6H3,(H2,20,21,22). The number of rotatable bonds is 7. The molecule has 0 spiro atoms. The maximum Gasteiger partial charge on any atom is 0.410 e. The average molecular weight is 410 g/mol. The second kappa shape index (κ2) is 10.4. The number of ether oxygens (including phenoxy) is 2. The Hall–Kier alpha value is -2.36. The van der Waals surface area contributed by atoms with Crippen LogP contribution in [0.2, 0.25) is 0 Å². The first-order valence-corrected chi connectivity index (χ1v) is 10.1. The monoisotopic (exact) mass is 409 g/mol. The number of amides is 1. The van der Waals surface area contributed by atoms with Gasteiger partial charge in [0.1, 0.15) is 18.0 Å². The summed E-state index contributed by atoms with van der Waals surface area (Å²) in [6.07, 6.45) is 1.50. The molecule has 1 unspecified atom stereocenters. The van der Waals surface area contributed by atoms with E-state index in [-0.39, 0.29) is 12.1 Å². The van der Waals surface area contributed by atoms with Crippen molar-refractivity contribution in [2.45, 2.75) is 65.3 Å². The van der Waals surface area contributed by atoms with E-state index in [4.69, 9.17) is 9.47 Å². The molecule has 2 rings (SSSR count). The number of aryl methyl sites for hydroxylation is 1. The van der Waals surface area contributed by atoms with Crippen LogP contribution < -0.4 is 10.6 Å². The highest BCUT2D eigenvalue weighted by Gasteiger charge is 2.23. The Morgan fingerprint density at radius 1 is 1.41 bits per heavy atom. The second-order valence-corrected chi connectivity index (χ2v) is 8.00. The van der Waals surface area contributed by atoms with Gasteiger partial charge in [0, 0.05) is 46.3 Å². The number of guanidine groups is 1. The molecule has 0 bridgehead atoms. The molecule has 10 heteroatoms. The van der Waals surface area contributed by atoms with Gasteiger partial charge in [-0.2, -0.15) is 5.10 Å². The molecule has 0 aliphatic carbocycles. The van der Waals surface area contributed by atoms with E-state index >= 15 is 0 Å². The number of likely N-dealkylation sites (N-methyl/N-ethyl adjacent to an activating group) is 1. The first-order valence-electron chi connectivity index (χ1n) is 10.1. The number of carbonyl (C=O) groups is 1. The van der Waals surface area contributed by atoms with Crippen molar-refractivity contribution in [3.05, 3.63) is 11.6 Å². The lowest BCUT2D eigenvalue weighted by molar-refractivity contribution is 0.0264. The highest BCUT2D eigenvalue weighted by molar-refractivity contribution is 5.80. The quantitative estimate of drug-likeness (QED) is 0.514. The summed E-state index contributed by atoms with van der Waals surface area (Å²) in [6.45, 7) is 10.4. The van der Waals surface area contributed by atoms with Gasteiger partial charge in [-0.15, -0.1) is 0 Å². The van der Waals surface area contributed by atoms with Gasteiger partial charge in [-0.25, -0.2) is 14.5 Å². The third kappa shape index (κ3) is 7.19. The highest BCUT2D eigenvalue weighted by Crippen LogP contribution is 2.13. The Bertz CT molecular complexity index is 696. The van der Waals surface area contributed by atoms with Crippen molar-refractivity contribution in [2.75, 3.05) is 33.8 Å². The predicted octanol–water partition coefficient (Wildman–Crippen LogP) is 1.16. The van der Waals surface area contributed by atoms with Crippen molar-refractivity contribution >= 4 is 12.1 Å². The van der Waals surface area contributed by atoms with Crippen LogP contribution in [0.1, 0.15) is 45.8 Å². The fraction of sp³-hybridized carbons (Fsp3) is 0.789. The van der Waals surface area contributed by atoms with E-state index in [0.29, 0.717) is 38.0 Å². The van der Waals surface area contributed by atoms with Crippen molar-refractivity contribution in [3.63, 3.8) is 0 Å². The van der Waals surface area contributed by atoms with Crippen LogP contribution >= 0.6 is 0 Å². The highest BCUT2D eigenvalue weighted by atomic mass is 16.6. The smallest absolute Gasteiger partial charge is 0.410 e. The molecule has 0 radical (unpaired) electrons. The van der Waals surface area contributed by atoms with Crippen LogP contribution in [0.25, 0.3) is 0 Å². The fourth-order valence-corrected chi connectivity index (χ4v) is 3.07. The summed E-state index contributed by atoms with van der Waals surface area (Å²) < 4.78 is 12.5. The molecule has 164 valence electrons. The van der Waals surface area contributed by atoms with Crippen LogP contribution in [0, 0.1) is 0 Å². The van der Waals surface area contributed by atoms with Gasteiger partial charge in [0.25, 0.3) is 0 Å². The third-order valence-electron chi connectivity index (χ3n) is 4.45. The second-order valence-electron chi connectivity index (χ2n) is 8.00. The number of hydrogen-bond donors (Lipinski definition) is 2. The summed E-state index contributed by atoms with van der Waals surface area (Å²) >= 11 is 0. The SMILES string of the molecule is CCN(CCNC(=NC)NC1CCc2nc(COC)nn2C1)C(=O)OC(C)(C)C. The van der Waals surface area contributed by atoms with E-state index in [1.807, 2.05) is 32.4 Å². The normalized spacial score (nSPS) is 16.9. The summed E-state index contributed by atoms with van der Waals surface area (Å²) in [6, 6.07) is 0.207. The number of aromatic nitrogens is 3. The molecule has 1 aliphatic heterocycles. The Kier molecular flexibility index (Phi) is 8.24. The van der Waals surface area contributed by atoms with Gasteiger partial charge in [-0.3, -0.25) is 4.99 Å². The van der Waals surface area contributed by atoms with Crippen LogP contribution in [-0.4, -0.2) is 77.2 Å². The van der Waals surface area contributed by atoms with Crippen molar-refractivity contribution in [3.8, 4) is 0 Å². The van der Waals surface area contributed by atoms with Crippen LogP contribution in [0.5, 0.6) is 0 Å². The number of hydrogen-bond acceptors (Lipinski definition) is 6. The topological polar surface area (TPSA) is 106 Å². The molecular formula is C19H35N7O3. The van der Waals surface area contributed by atoms with E-state index in [9.17, 15) is 4.79 Å². The maximum atomic E-state index is 12.2. The van der Waals surface area contributed by atoms with Crippen LogP contribution in [-0.2, 0) is 29.0 Å². The van der Waals surface area contributed by atoms with E-state index in [1.54, 1.807) is 19.1 Å². The van der Waals surface area contributed by atoms with Gasteiger partial charge in [-0.1, -0.05) is 0 Å². The zero-order valence-electron chi connectivity index (χ0n) is 18.5. The number of fused-ring (bicyclic) bond motifs is 1. The lowest BCUT2D eigenvalue weighted by Gasteiger charge is -2.28. The first kappa shape index (κ1) is 22.9. The molecule has 1 aromatic heterocycles. The summed E-state index contributed by atoms with van der Waals surface area (Å²) in [5.74, 6) is 2.41. The minimum atomic E-state index is -0.500. The Labute approximate surface area is 173 Å². The lowest BCUT2D eigenvalue weighted by atomic mass is 10.1. The number of methoxy groups -OCH3 is 1. The molecule has 2 N–H and O–H groups in total.